The molecule has 7 aromatic heterocycles. The average Bonchev–Trinajstić information content (AvgIpc) is 3.86. The van der Waals surface area contributed by atoms with E-state index in [0.29, 0.717) is 92.5 Å². The normalized spacial score (nSPS) is 11.6. The summed E-state index contributed by atoms with van der Waals surface area (Å²) in [5, 5.41) is 15.1. The van der Waals surface area contributed by atoms with Crippen molar-refractivity contribution >= 4 is 43.6 Å². The highest BCUT2D eigenvalue weighted by molar-refractivity contribution is 6.13. The Balaban J connectivity index is 1.25. The van der Waals surface area contributed by atoms with E-state index in [1.165, 1.54) is 0 Å². The quantitative estimate of drug-likeness (QED) is 0.146. The van der Waals surface area contributed by atoms with Gasteiger partial charge in [0.25, 0.3) is 0 Å². The molecule has 0 amide bonds. The third kappa shape index (κ3) is 7.83. The van der Waals surface area contributed by atoms with Gasteiger partial charge in [-0.25, -0.2) is 59.8 Å². The third-order valence-corrected chi connectivity index (χ3v) is 12.9. The Bertz CT molecular complexity index is 3810. The molecule has 0 aliphatic carbocycles. The van der Waals surface area contributed by atoms with E-state index in [1.54, 1.807) is 0 Å². The Hall–Kier alpha value is -9.62. The van der Waals surface area contributed by atoms with E-state index in [0.717, 1.165) is 77.1 Å². The highest BCUT2D eigenvalue weighted by Crippen LogP contribution is 2.44. The lowest BCUT2D eigenvalue weighted by molar-refractivity contribution is 0.928. The molecular weight excluding hydrogens is 909 g/mol. The molecule has 16 nitrogen and oxygen atoms in total. The van der Waals surface area contributed by atoms with Crippen molar-refractivity contribution in [1.29, 1.82) is 5.26 Å². The van der Waals surface area contributed by atoms with Crippen LogP contribution in [0.15, 0.2) is 103 Å². The lowest BCUT2D eigenvalue weighted by Crippen LogP contribution is -2.07. The summed E-state index contributed by atoms with van der Waals surface area (Å²) in [6.07, 6.45) is 0. The first-order valence-electron chi connectivity index (χ1n) is 23.7. The standard InChI is InChI=1S/C57H44N16/c1-28-11-10-12-46(59-28)53-51(72-47-23-38(54-64-29(2)60-30(3)65-54)13-17-42(47)43-18-14-39(24-48(43)72)55-66-31(4)61-32(5)67-55)21-37(27-58)22-52(53)73-49-25-40(56-68-33(6)62-34(7)69-56)15-19-44(49)45-20-16-41(26-50(45)73)57-70-35(8)63-36(9)71-57/h10-26H,1-9H3. The fraction of sp³-hybridized carbons (Fsp3) is 0.158. The molecule has 0 radical (unpaired) electrons. The van der Waals surface area contributed by atoms with Crippen LogP contribution < -0.4 is 0 Å². The van der Waals surface area contributed by atoms with Crippen LogP contribution in [0.3, 0.4) is 0 Å². The van der Waals surface area contributed by atoms with Gasteiger partial charge in [-0.3, -0.25) is 4.98 Å². The van der Waals surface area contributed by atoms with Crippen molar-refractivity contribution in [2.45, 2.75) is 62.3 Å². The maximum atomic E-state index is 11.2. The van der Waals surface area contributed by atoms with Crippen molar-refractivity contribution in [2.24, 2.45) is 0 Å². The van der Waals surface area contributed by atoms with Gasteiger partial charge in [0.2, 0.25) is 0 Å². The summed E-state index contributed by atoms with van der Waals surface area (Å²) >= 11 is 0. The van der Waals surface area contributed by atoms with Crippen LogP contribution >= 0.6 is 0 Å². The first-order chi connectivity index (χ1) is 35.2. The van der Waals surface area contributed by atoms with E-state index in [4.69, 9.17) is 44.9 Å². The number of hydrogen-bond donors (Lipinski definition) is 0. The molecule has 0 saturated heterocycles. The maximum absolute atomic E-state index is 11.2. The van der Waals surface area contributed by atoms with Gasteiger partial charge in [-0.15, -0.1) is 0 Å². The van der Waals surface area contributed by atoms with Gasteiger partial charge in [0.1, 0.15) is 46.6 Å². The number of nitriles is 1. The first-order valence-corrected chi connectivity index (χ1v) is 23.7. The van der Waals surface area contributed by atoms with Gasteiger partial charge in [-0.05, 0) is 111 Å². The number of pyridine rings is 1. The van der Waals surface area contributed by atoms with Crippen molar-refractivity contribution in [3.63, 3.8) is 0 Å². The fourth-order valence-corrected chi connectivity index (χ4v) is 10.1. The van der Waals surface area contributed by atoms with Crippen LogP contribution in [-0.2, 0) is 0 Å². The number of aryl methyl sites for hydroxylation is 9. The molecule has 0 aliphatic heterocycles. The zero-order valence-corrected chi connectivity index (χ0v) is 41.5. The second-order valence-corrected chi connectivity index (χ2v) is 18.3. The Morgan fingerprint density at radius 3 is 0.918 bits per heavy atom. The van der Waals surface area contributed by atoms with Gasteiger partial charge in [-0.2, -0.15) is 5.26 Å². The van der Waals surface area contributed by atoms with E-state index in [-0.39, 0.29) is 0 Å². The number of fused-ring (bicyclic) bond motifs is 6. The van der Waals surface area contributed by atoms with Crippen LogP contribution in [0.4, 0.5) is 0 Å². The predicted octanol–water partition coefficient (Wildman–Crippen LogP) is 11.0. The van der Waals surface area contributed by atoms with Crippen LogP contribution in [0.1, 0.15) is 57.9 Å². The summed E-state index contributed by atoms with van der Waals surface area (Å²) < 4.78 is 4.45. The molecule has 0 atom stereocenters. The van der Waals surface area contributed by atoms with E-state index < -0.39 is 0 Å². The van der Waals surface area contributed by atoms with Gasteiger partial charge >= 0.3 is 0 Å². The van der Waals surface area contributed by atoms with Crippen molar-refractivity contribution in [1.82, 2.24) is 73.9 Å². The number of aromatic nitrogens is 15. The topological polar surface area (TPSA) is 201 Å². The lowest BCUT2D eigenvalue weighted by atomic mass is 10.0. The zero-order valence-electron chi connectivity index (χ0n) is 41.5. The molecule has 73 heavy (non-hydrogen) atoms. The highest BCUT2D eigenvalue weighted by Gasteiger charge is 2.26. The molecule has 0 fully saturated rings. The number of rotatable bonds is 7. The molecule has 12 rings (SSSR count). The summed E-state index contributed by atoms with van der Waals surface area (Å²) in [4.78, 5) is 61.5. The Kier molecular flexibility index (Phi) is 10.4. The molecule has 0 N–H and O–H groups in total. The fourth-order valence-electron chi connectivity index (χ4n) is 10.1. The summed E-state index contributed by atoms with van der Waals surface area (Å²) in [6.45, 7) is 16.9. The number of benzene rings is 5. The summed E-state index contributed by atoms with van der Waals surface area (Å²) in [7, 11) is 0. The van der Waals surface area contributed by atoms with E-state index in [1.807, 2.05) is 117 Å². The van der Waals surface area contributed by atoms with Crippen LogP contribution in [-0.4, -0.2) is 73.9 Å². The molecule has 12 aromatic rings. The highest BCUT2D eigenvalue weighted by atomic mass is 15.1. The summed E-state index contributed by atoms with van der Waals surface area (Å²) in [5.74, 6) is 7.16. The van der Waals surface area contributed by atoms with E-state index in [2.05, 4.69) is 83.7 Å². The molecule has 0 bridgehead atoms. The minimum absolute atomic E-state index is 0.422. The lowest BCUT2D eigenvalue weighted by Gasteiger charge is -2.21. The molecule has 5 aromatic carbocycles. The number of nitrogens with zero attached hydrogens (tertiary/aromatic N) is 16. The molecule has 0 unspecified atom stereocenters. The van der Waals surface area contributed by atoms with Crippen molar-refractivity contribution in [2.75, 3.05) is 0 Å². The van der Waals surface area contributed by atoms with Crippen LogP contribution in [0.5, 0.6) is 0 Å². The van der Waals surface area contributed by atoms with Crippen molar-refractivity contribution < 1.29 is 0 Å². The predicted molar refractivity (Wildman–Crippen MR) is 281 cm³/mol. The van der Waals surface area contributed by atoms with Gasteiger partial charge < -0.3 is 9.13 Å². The summed E-state index contributed by atoms with van der Waals surface area (Å²) in [5.41, 5.74) is 10.7. The molecule has 0 saturated carbocycles. The largest absolute Gasteiger partial charge is 0.308 e. The molecular formula is C57H44N16. The monoisotopic (exact) mass is 952 g/mol. The minimum atomic E-state index is 0.422. The minimum Gasteiger partial charge on any atom is -0.308 e. The second-order valence-electron chi connectivity index (χ2n) is 18.3. The van der Waals surface area contributed by atoms with Crippen molar-refractivity contribution in [3.05, 3.63) is 161 Å². The average molecular weight is 953 g/mol. The second kappa shape index (κ2) is 17.1. The molecule has 0 spiro atoms. The Morgan fingerprint density at radius 2 is 0.644 bits per heavy atom. The van der Waals surface area contributed by atoms with Gasteiger partial charge in [0, 0.05) is 55.1 Å². The molecule has 0 aliphatic rings. The zero-order chi connectivity index (χ0) is 50.4. The summed E-state index contributed by atoms with van der Waals surface area (Å²) in [6, 6.07) is 37.6. The maximum Gasteiger partial charge on any atom is 0.163 e. The van der Waals surface area contributed by atoms with Gasteiger partial charge in [-0.1, -0.05) is 54.6 Å². The number of hydrogen-bond acceptors (Lipinski definition) is 14. The smallest absolute Gasteiger partial charge is 0.163 e. The molecule has 16 heteroatoms. The SMILES string of the molecule is Cc1cccc(-c2c(-n3c4cc(-c5nc(C)nc(C)n5)ccc4c4ccc(-c5nc(C)nc(C)n5)cc43)cc(C#N)cc2-n2c3cc(-c4nc(C)nc(C)n4)ccc3c3ccc(-c4nc(C)nc(C)n4)cc32)n1. The Morgan fingerprint density at radius 1 is 0.342 bits per heavy atom. The molecule has 352 valence electrons. The van der Waals surface area contributed by atoms with Crippen LogP contribution in [0, 0.1) is 73.6 Å². The van der Waals surface area contributed by atoms with Crippen LogP contribution in [0.2, 0.25) is 0 Å². The van der Waals surface area contributed by atoms with E-state index >= 15 is 0 Å². The van der Waals surface area contributed by atoms with E-state index in [9.17, 15) is 5.26 Å². The van der Waals surface area contributed by atoms with Crippen molar-refractivity contribution in [3.8, 4) is 74.3 Å². The van der Waals surface area contributed by atoms with Gasteiger partial charge in [0.05, 0.1) is 50.8 Å². The third-order valence-electron chi connectivity index (χ3n) is 12.9. The van der Waals surface area contributed by atoms with Gasteiger partial charge in [0.15, 0.2) is 23.3 Å². The first kappa shape index (κ1) is 44.6. The molecule has 7 heterocycles. The Labute approximate surface area is 418 Å². The van der Waals surface area contributed by atoms with Crippen LogP contribution in [0.25, 0.3) is 112 Å².